The maximum atomic E-state index is 10.0. The molecule has 1 fully saturated rings. The van der Waals surface area contributed by atoms with Gasteiger partial charge < -0.3 is 14.6 Å². The van der Waals surface area contributed by atoms with Crippen molar-refractivity contribution in [2.24, 2.45) is 22.2 Å². The summed E-state index contributed by atoms with van der Waals surface area (Å²) in [6.45, 7) is 26.7. The van der Waals surface area contributed by atoms with Gasteiger partial charge in [0.05, 0.1) is 6.61 Å². The topological polar surface area (TPSA) is 38.7 Å². The van der Waals surface area contributed by atoms with Gasteiger partial charge in [-0.3, -0.25) is 0 Å². The molecule has 1 saturated carbocycles. The Kier molecular flexibility index (Phi) is 12.8. The molecule has 0 radical (unpaired) electrons. The summed E-state index contributed by atoms with van der Waals surface area (Å²) in [4.78, 5) is 0. The van der Waals surface area contributed by atoms with E-state index in [-0.39, 0.29) is 27.9 Å². The Labute approximate surface area is 300 Å². The predicted molar refractivity (Wildman–Crippen MR) is 208 cm³/mol. The van der Waals surface area contributed by atoms with Gasteiger partial charge in [0.2, 0.25) is 0 Å². The molecule has 3 atom stereocenters. The molecule has 0 aliphatic heterocycles. The van der Waals surface area contributed by atoms with Crippen LogP contribution in [0.15, 0.2) is 72.8 Å². The van der Waals surface area contributed by atoms with Gasteiger partial charge >= 0.3 is 0 Å². The number of rotatable bonds is 15. The molecule has 3 aromatic rings. The van der Waals surface area contributed by atoms with Crippen molar-refractivity contribution in [2.75, 3.05) is 6.61 Å². The number of hydrogen-bond donors (Lipinski definition) is 1. The Morgan fingerprint density at radius 3 is 1.88 bits per heavy atom. The summed E-state index contributed by atoms with van der Waals surface area (Å²) in [5, 5.41) is 10.0. The smallest absolute Gasteiger partial charge is 0.196 e. The first-order chi connectivity index (χ1) is 22.9. The minimum Gasteiger partial charge on any atom is -0.508 e. The third-order valence-electron chi connectivity index (χ3n) is 12.7. The molecule has 270 valence electrons. The maximum absolute atomic E-state index is 10.0. The van der Waals surface area contributed by atoms with Crippen LogP contribution in [0.4, 0.5) is 0 Å². The van der Waals surface area contributed by atoms with Crippen LogP contribution < -0.4 is 4.74 Å². The molecule has 3 heteroatoms. The van der Waals surface area contributed by atoms with Crippen molar-refractivity contribution in [2.45, 2.75) is 151 Å². The summed E-state index contributed by atoms with van der Waals surface area (Å²) in [5.41, 5.74) is 5.41. The minimum absolute atomic E-state index is 0.000190. The van der Waals surface area contributed by atoms with Crippen LogP contribution in [-0.4, -0.2) is 18.0 Å². The highest BCUT2D eigenvalue weighted by molar-refractivity contribution is 5.35. The van der Waals surface area contributed by atoms with E-state index in [1.807, 2.05) is 19.1 Å². The summed E-state index contributed by atoms with van der Waals surface area (Å²) < 4.78 is 12.4. The fourth-order valence-corrected chi connectivity index (χ4v) is 8.27. The molecule has 1 N–H and O–H groups in total. The highest BCUT2D eigenvalue weighted by atomic mass is 16.7. The molecule has 0 saturated heterocycles. The molecule has 4 rings (SSSR count). The van der Waals surface area contributed by atoms with E-state index < -0.39 is 0 Å². The van der Waals surface area contributed by atoms with Gasteiger partial charge in [-0.25, -0.2) is 0 Å². The summed E-state index contributed by atoms with van der Waals surface area (Å²) in [6.07, 6.45) is 9.51. The fraction of sp³-hybridized carbons (Fsp3) is 0.609. The van der Waals surface area contributed by atoms with Crippen LogP contribution in [0.3, 0.4) is 0 Å². The van der Waals surface area contributed by atoms with E-state index in [9.17, 15) is 5.11 Å². The highest BCUT2D eigenvalue weighted by Crippen LogP contribution is 2.59. The largest absolute Gasteiger partial charge is 0.508 e. The Bertz CT molecular complexity index is 1420. The number of phenolic OH excluding ortho intramolecular Hbond substituents is 1. The second-order valence-corrected chi connectivity index (χ2v) is 18.0. The third kappa shape index (κ3) is 9.72. The van der Waals surface area contributed by atoms with Crippen molar-refractivity contribution in [1.82, 2.24) is 0 Å². The van der Waals surface area contributed by atoms with Crippen molar-refractivity contribution in [1.29, 1.82) is 0 Å². The maximum Gasteiger partial charge on any atom is 0.196 e. The molecule has 0 aromatic heterocycles. The second-order valence-electron chi connectivity index (χ2n) is 18.0. The number of ether oxygens (including phenoxy) is 2. The lowest BCUT2D eigenvalue weighted by Gasteiger charge is -2.54. The first-order valence-corrected chi connectivity index (χ1v) is 19.2. The summed E-state index contributed by atoms with van der Waals surface area (Å²) in [6, 6.07) is 26.0. The van der Waals surface area contributed by atoms with E-state index in [1.165, 1.54) is 54.4 Å². The number of phenols is 1. The number of benzene rings is 3. The van der Waals surface area contributed by atoms with Crippen LogP contribution in [0.1, 0.15) is 155 Å². The first kappa shape index (κ1) is 39.0. The van der Waals surface area contributed by atoms with Crippen LogP contribution in [-0.2, 0) is 16.6 Å². The Morgan fingerprint density at radius 2 is 1.33 bits per heavy atom. The van der Waals surface area contributed by atoms with Crippen LogP contribution in [0.5, 0.6) is 11.5 Å². The van der Waals surface area contributed by atoms with Crippen molar-refractivity contribution >= 4 is 0 Å². The normalized spacial score (nSPS) is 17.5. The van der Waals surface area contributed by atoms with E-state index in [1.54, 1.807) is 0 Å². The molecule has 0 amide bonds. The zero-order valence-electron chi connectivity index (χ0n) is 32.9. The molecule has 1 aliphatic rings. The van der Waals surface area contributed by atoms with E-state index in [0.717, 1.165) is 30.9 Å². The Hall–Kier alpha value is -2.78. The van der Waals surface area contributed by atoms with Crippen molar-refractivity contribution in [3.05, 3.63) is 95.1 Å². The van der Waals surface area contributed by atoms with Gasteiger partial charge in [-0.2, -0.15) is 0 Å². The molecule has 1 aliphatic carbocycles. The van der Waals surface area contributed by atoms with E-state index in [0.29, 0.717) is 24.2 Å². The van der Waals surface area contributed by atoms with Crippen LogP contribution in [0, 0.1) is 22.2 Å². The number of hydrogen-bond acceptors (Lipinski definition) is 3. The molecule has 3 aromatic carbocycles. The summed E-state index contributed by atoms with van der Waals surface area (Å²) in [7, 11) is 0. The number of aromatic hydroxyl groups is 1. The average molecular weight is 669 g/mol. The zero-order valence-corrected chi connectivity index (χ0v) is 32.9. The highest BCUT2D eigenvalue weighted by Gasteiger charge is 2.50. The predicted octanol–water partition coefficient (Wildman–Crippen LogP) is 13.0. The average Bonchev–Trinajstić information content (AvgIpc) is 3.04. The summed E-state index contributed by atoms with van der Waals surface area (Å²) >= 11 is 0. The fourth-order valence-electron chi connectivity index (χ4n) is 8.27. The van der Waals surface area contributed by atoms with Crippen molar-refractivity contribution in [3.8, 4) is 11.5 Å². The molecule has 2 unspecified atom stereocenters. The van der Waals surface area contributed by atoms with Crippen LogP contribution in [0.2, 0.25) is 0 Å². The van der Waals surface area contributed by atoms with E-state index in [4.69, 9.17) is 9.47 Å². The standard InChI is InChI=1S/C46H68O3/c1-33(2)31-42(38-21-25-40(47)26-22-38)45(9,10)44(7,8)32-46(11,43(4,5)6)39-23-27-41(28-24-39)49-34(3)48-30-29-35-17-19-37(20-18-35)36-15-13-12-14-16-36/h17-28,33-34,36,42,47H,12-16,29-32H2,1-11H3/t34?,42?,46-/m0/s1. The lowest BCUT2D eigenvalue weighted by molar-refractivity contribution is -0.0654. The van der Waals surface area contributed by atoms with Crippen LogP contribution >= 0.6 is 0 Å². The van der Waals surface area contributed by atoms with Gasteiger partial charge in [0.1, 0.15) is 11.5 Å². The van der Waals surface area contributed by atoms with Gasteiger partial charge in [0.25, 0.3) is 0 Å². The zero-order chi connectivity index (χ0) is 36.0. The molecule has 0 spiro atoms. The monoisotopic (exact) mass is 669 g/mol. The Balaban J connectivity index is 1.41. The molecular formula is C46H68O3. The SMILES string of the molecule is CC(C)CC(c1ccc(O)cc1)C(C)(C)C(C)(C)C[C@@](C)(c1ccc(OC(C)OCCc2ccc(C3CCCCC3)cc2)cc1)C(C)(C)C. The van der Waals surface area contributed by atoms with Gasteiger partial charge in [-0.05, 0) is 125 Å². The van der Waals surface area contributed by atoms with Gasteiger partial charge in [0, 0.05) is 0 Å². The van der Waals surface area contributed by atoms with Gasteiger partial charge in [-0.1, -0.05) is 137 Å². The van der Waals surface area contributed by atoms with E-state index >= 15 is 0 Å². The first-order valence-electron chi connectivity index (χ1n) is 19.2. The molecule has 0 heterocycles. The lowest BCUT2D eigenvalue weighted by Crippen LogP contribution is -2.47. The summed E-state index contributed by atoms with van der Waals surface area (Å²) in [5.74, 6) is 2.85. The van der Waals surface area contributed by atoms with Crippen LogP contribution in [0.25, 0.3) is 0 Å². The van der Waals surface area contributed by atoms with Crippen molar-refractivity contribution < 1.29 is 14.6 Å². The van der Waals surface area contributed by atoms with Gasteiger partial charge in [0.15, 0.2) is 6.29 Å². The second kappa shape index (κ2) is 16.1. The van der Waals surface area contributed by atoms with Gasteiger partial charge in [-0.15, -0.1) is 0 Å². The lowest BCUT2D eigenvalue weighted by atomic mass is 9.50. The Morgan fingerprint density at radius 1 is 0.735 bits per heavy atom. The van der Waals surface area contributed by atoms with Crippen molar-refractivity contribution in [3.63, 3.8) is 0 Å². The molecule has 3 nitrogen and oxygen atoms in total. The minimum atomic E-state index is -0.320. The third-order valence-corrected chi connectivity index (χ3v) is 12.7. The molecular weight excluding hydrogens is 601 g/mol. The van der Waals surface area contributed by atoms with E-state index in [2.05, 4.69) is 130 Å². The molecule has 0 bridgehead atoms. The quantitative estimate of drug-likeness (QED) is 0.164. The molecule has 49 heavy (non-hydrogen) atoms.